The van der Waals surface area contributed by atoms with Crippen LogP contribution in [0.2, 0.25) is 0 Å². The fourth-order valence-corrected chi connectivity index (χ4v) is 2.58. The molecule has 0 bridgehead atoms. The van der Waals surface area contributed by atoms with E-state index in [2.05, 4.69) is 17.1 Å². The van der Waals surface area contributed by atoms with E-state index < -0.39 is 0 Å². The Morgan fingerprint density at radius 1 is 1.50 bits per heavy atom. The Labute approximate surface area is 108 Å². The second-order valence-corrected chi connectivity index (χ2v) is 5.35. The van der Waals surface area contributed by atoms with Gasteiger partial charge in [-0.1, -0.05) is 12.1 Å². The molecule has 1 aliphatic rings. The summed E-state index contributed by atoms with van der Waals surface area (Å²) in [6, 6.07) is -0.166. The number of hydrogen-bond donors (Lipinski definition) is 1. The lowest BCUT2D eigenvalue weighted by Gasteiger charge is -2.05. The van der Waals surface area contributed by atoms with Crippen molar-refractivity contribution in [3.63, 3.8) is 0 Å². The van der Waals surface area contributed by atoms with Crippen molar-refractivity contribution in [2.45, 2.75) is 51.0 Å². The second kappa shape index (κ2) is 6.29. The van der Waals surface area contributed by atoms with Gasteiger partial charge >= 0.3 is 0 Å². The van der Waals surface area contributed by atoms with Gasteiger partial charge in [0.2, 0.25) is 5.89 Å². The van der Waals surface area contributed by atoms with Crippen LogP contribution >= 0.6 is 0 Å². The zero-order valence-electron chi connectivity index (χ0n) is 11.3. The number of aromatic nitrogens is 2. The van der Waals surface area contributed by atoms with Gasteiger partial charge in [-0.15, -0.1) is 0 Å². The van der Waals surface area contributed by atoms with Crippen LogP contribution < -0.4 is 5.73 Å². The van der Waals surface area contributed by atoms with E-state index in [1.165, 1.54) is 12.8 Å². The first-order valence-corrected chi connectivity index (χ1v) is 6.78. The zero-order chi connectivity index (χ0) is 13.0. The normalized spacial score (nSPS) is 25.5. The average molecular weight is 253 g/mol. The van der Waals surface area contributed by atoms with Gasteiger partial charge < -0.3 is 15.0 Å². The minimum Gasteiger partial charge on any atom is -0.385 e. The first-order chi connectivity index (χ1) is 8.70. The Hall–Kier alpha value is -0.940. The first kappa shape index (κ1) is 13.5. The van der Waals surface area contributed by atoms with Crippen LogP contribution in [0.1, 0.15) is 62.7 Å². The third kappa shape index (κ3) is 3.29. The van der Waals surface area contributed by atoms with Crippen molar-refractivity contribution in [1.82, 2.24) is 10.1 Å². The van der Waals surface area contributed by atoms with Crippen molar-refractivity contribution >= 4 is 0 Å². The molecule has 0 radical (unpaired) electrons. The number of nitrogens with two attached hydrogens (primary N) is 1. The molecule has 18 heavy (non-hydrogen) atoms. The van der Waals surface area contributed by atoms with Gasteiger partial charge in [0.25, 0.3) is 0 Å². The van der Waals surface area contributed by atoms with Crippen LogP contribution in [0, 0.1) is 5.92 Å². The van der Waals surface area contributed by atoms with Gasteiger partial charge in [-0.2, -0.15) is 4.98 Å². The second-order valence-electron chi connectivity index (χ2n) is 5.35. The van der Waals surface area contributed by atoms with Gasteiger partial charge in [0.05, 0.1) is 6.04 Å². The molecule has 0 saturated heterocycles. The van der Waals surface area contributed by atoms with E-state index in [4.69, 9.17) is 15.0 Å². The van der Waals surface area contributed by atoms with E-state index in [1.807, 2.05) is 0 Å². The Morgan fingerprint density at radius 3 is 3.00 bits per heavy atom. The lowest BCUT2D eigenvalue weighted by Crippen LogP contribution is -2.11. The summed E-state index contributed by atoms with van der Waals surface area (Å²) in [5, 5.41) is 4.08. The lowest BCUT2D eigenvalue weighted by atomic mass is 10.1. The highest BCUT2D eigenvalue weighted by molar-refractivity contribution is 5.00. The maximum atomic E-state index is 6.02. The van der Waals surface area contributed by atoms with E-state index in [0.717, 1.165) is 37.6 Å². The molecule has 1 aromatic rings. The van der Waals surface area contributed by atoms with Crippen LogP contribution in [0.15, 0.2) is 4.52 Å². The standard InChI is InChI=1S/C13H23N3O2/c1-9-5-6-10(8-9)12-15-13(18-16-12)11(14)4-3-7-17-2/h9-11H,3-8,14H2,1-2H3. The Kier molecular flexibility index (Phi) is 4.72. The molecule has 1 saturated carbocycles. The largest absolute Gasteiger partial charge is 0.385 e. The number of hydrogen-bond acceptors (Lipinski definition) is 5. The van der Waals surface area contributed by atoms with E-state index in [0.29, 0.717) is 11.8 Å². The molecule has 0 spiro atoms. The van der Waals surface area contributed by atoms with Gasteiger partial charge in [0.1, 0.15) is 0 Å². The molecule has 1 fully saturated rings. The summed E-state index contributed by atoms with van der Waals surface area (Å²) in [5.41, 5.74) is 6.02. The van der Waals surface area contributed by atoms with Gasteiger partial charge in [-0.05, 0) is 38.0 Å². The number of methoxy groups -OCH3 is 1. The monoisotopic (exact) mass is 253 g/mol. The van der Waals surface area contributed by atoms with Gasteiger partial charge in [0.15, 0.2) is 5.82 Å². The third-order valence-electron chi connectivity index (χ3n) is 3.70. The molecule has 2 rings (SSSR count). The summed E-state index contributed by atoms with van der Waals surface area (Å²) < 4.78 is 10.3. The zero-order valence-corrected chi connectivity index (χ0v) is 11.3. The fourth-order valence-electron chi connectivity index (χ4n) is 2.58. The van der Waals surface area contributed by atoms with E-state index >= 15 is 0 Å². The maximum absolute atomic E-state index is 6.02. The summed E-state index contributed by atoms with van der Waals surface area (Å²) in [6.07, 6.45) is 5.32. The Balaban J connectivity index is 1.89. The minimum atomic E-state index is -0.166. The molecule has 1 aromatic heterocycles. The number of rotatable bonds is 6. The smallest absolute Gasteiger partial charge is 0.243 e. The van der Waals surface area contributed by atoms with Crippen molar-refractivity contribution in [2.24, 2.45) is 11.7 Å². The molecule has 102 valence electrons. The van der Waals surface area contributed by atoms with Crippen LogP contribution in [0.4, 0.5) is 0 Å². The molecule has 3 unspecified atom stereocenters. The highest BCUT2D eigenvalue weighted by Crippen LogP contribution is 2.36. The van der Waals surface area contributed by atoms with Gasteiger partial charge in [-0.25, -0.2) is 0 Å². The predicted octanol–water partition coefficient (Wildman–Crippen LogP) is 2.40. The summed E-state index contributed by atoms with van der Waals surface area (Å²) in [6.45, 7) is 2.99. The van der Waals surface area contributed by atoms with Gasteiger partial charge in [0, 0.05) is 19.6 Å². The summed E-state index contributed by atoms with van der Waals surface area (Å²) >= 11 is 0. The van der Waals surface area contributed by atoms with Crippen LogP contribution in [-0.2, 0) is 4.74 Å². The fraction of sp³-hybridized carbons (Fsp3) is 0.846. The lowest BCUT2D eigenvalue weighted by molar-refractivity contribution is 0.188. The molecule has 1 aliphatic carbocycles. The molecule has 0 aromatic carbocycles. The molecular weight excluding hydrogens is 230 g/mol. The van der Waals surface area contributed by atoms with Crippen molar-refractivity contribution in [3.05, 3.63) is 11.7 Å². The van der Waals surface area contributed by atoms with E-state index in [-0.39, 0.29) is 6.04 Å². The van der Waals surface area contributed by atoms with Crippen molar-refractivity contribution in [1.29, 1.82) is 0 Å². The highest BCUT2D eigenvalue weighted by atomic mass is 16.5. The quantitative estimate of drug-likeness (QED) is 0.788. The SMILES string of the molecule is COCCCC(N)c1nc(C2CCC(C)C2)no1. The Morgan fingerprint density at radius 2 is 2.33 bits per heavy atom. The topological polar surface area (TPSA) is 74.2 Å². The van der Waals surface area contributed by atoms with Crippen molar-refractivity contribution in [3.8, 4) is 0 Å². The number of ether oxygens (including phenoxy) is 1. The van der Waals surface area contributed by atoms with Crippen LogP contribution in [-0.4, -0.2) is 23.9 Å². The molecule has 3 atom stereocenters. The summed E-state index contributed by atoms with van der Waals surface area (Å²) in [4.78, 5) is 4.46. The van der Waals surface area contributed by atoms with Gasteiger partial charge in [-0.3, -0.25) is 0 Å². The molecule has 0 aliphatic heterocycles. The predicted molar refractivity (Wildman–Crippen MR) is 68.1 cm³/mol. The van der Waals surface area contributed by atoms with Crippen LogP contribution in [0.25, 0.3) is 0 Å². The van der Waals surface area contributed by atoms with Crippen molar-refractivity contribution in [2.75, 3.05) is 13.7 Å². The minimum absolute atomic E-state index is 0.166. The highest BCUT2D eigenvalue weighted by Gasteiger charge is 2.27. The molecular formula is C13H23N3O2. The number of nitrogens with zero attached hydrogens (tertiary/aromatic N) is 2. The summed E-state index contributed by atoms with van der Waals surface area (Å²) in [5.74, 6) is 2.65. The van der Waals surface area contributed by atoms with Crippen LogP contribution in [0.3, 0.4) is 0 Å². The molecule has 2 N–H and O–H groups in total. The third-order valence-corrected chi connectivity index (χ3v) is 3.70. The van der Waals surface area contributed by atoms with E-state index in [9.17, 15) is 0 Å². The van der Waals surface area contributed by atoms with E-state index in [1.54, 1.807) is 7.11 Å². The maximum Gasteiger partial charge on any atom is 0.243 e. The molecule has 5 nitrogen and oxygen atoms in total. The first-order valence-electron chi connectivity index (χ1n) is 6.78. The average Bonchev–Trinajstić information content (AvgIpc) is 2.97. The Bertz CT molecular complexity index is 367. The van der Waals surface area contributed by atoms with Crippen molar-refractivity contribution < 1.29 is 9.26 Å². The molecule has 1 heterocycles. The molecule has 0 amide bonds. The van der Waals surface area contributed by atoms with Crippen LogP contribution in [0.5, 0.6) is 0 Å². The molecule has 5 heteroatoms. The summed E-state index contributed by atoms with van der Waals surface area (Å²) in [7, 11) is 1.69.